The van der Waals surface area contributed by atoms with Gasteiger partial charge in [0.15, 0.2) is 0 Å². The third kappa shape index (κ3) is 4.98. The summed E-state index contributed by atoms with van der Waals surface area (Å²) in [7, 11) is 2.10. The fourth-order valence-electron chi connectivity index (χ4n) is 2.63. The van der Waals surface area contributed by atoms with E-state index in [9.17, 15) is 9.59 Å². The van der Waals surface area contributed by atoms with Crippen LogP contribution in [0.25, 0.3) is 11.0 Å². The van der Waals surface area contributed by atoms with Crippen molar-refractivity contribution in [3.8, 4) is 5.75 Å². The van der Waals surface area contributed by atoms with Gasteiger partial charge in [-0.25, -0.2) is 14.6 Å². The molecule has 0 amide bonds. The Balaban J connectivity index is 0.000000260. The lowest BCUT2D eigenvalue weighted by atomic mass is 10.3. The van der Waals surface area contributed by atoms with Gasteiger partial charge in [-0.2, -0.15) is 0 Å². The summed E-state index contributed by atoms with van der Waals surface area (Å²) in [5, 5.41) is 15.6. The molecule has 0 radical (unpaired) electrons. The lowest BCUT2D eigenvalue weighted by molar-refractivity contribution is -0.134. The van der Waals surface area contributed by atoms with Gasteiger partial charge in [-0.3, -0.25) is 0 Å². The van der Waals surface area contributed by atoms with Gasteiger partial charge in [-0.1, -0.05) is 6.92 Å². The number of hydrogen-bond acceptors (Lipinski definition) is 5. The molecular formula is C18H23N3O5. The number of carboxylic acids is 2. The van der Waals surface area contributed by atoms with Crippen LogP contribution < -0.4 is 9.64 Å². The van der Waals surface area contributed by atoms with Gasteiger partial charge in [0.05, 0.1) is 17.6 Å². The van der Waals surface area contributed by atoms with Gasteiger partial charge in [-0.05, 0) is 25.0 Å². The zero-order chi connectivity index (χ0) is 19.1. The Labute approximate surface area is 151 Å². The van der Waals surface area contributed by atoms with Gasteiger partial charge < -0.3 is 24.4 Å². The molecule has 1 aliphatic heterocycles. The zero-order valence-corrected chi connectivity index (χ0v) is 14.9. The van der Waals surface area contributed by atoms with E-state index in [1.54, 1.807) is 0 Å². The van der Waals surface area contributed by atoms with E-state index in [4.69, 9.17) is 19.9 Å². The predicted molar refractivity (Wildman–Crippen MR) is 97.8 cm³/mol. The van der Waals surface area contributed by atoms with E-state index >= 15 is 0 Å². The van der Waals surface area contributed by atoms with Gasteiger partial charge >= 0.3 is 11.9 Å². The molecule has 140 valence electrons. The summed E-state index contributed by atoms with van der Waals surface area (Å²) in [6, 6.07) is 6.21. The molecule has 0 atom stereocenters. The molecule has 26 heavy (non-hydrogen) atoms. The molecule has 0 saturated heterocycles. The quantitative estimate of drug-likeness (QED) is 0.788. The third-order valence-corrected chi connectivity index (χ3v) is 3.76. The zero-order valence-electron chi connectivity index (χ0n) is 14.9. The van der Waals surface area contributed by atoms with Crippen molar-refractivity contribution in [2.24, 2.45) is 0 Å². The SMILES string of the molecule is CCCOc1ccc2c(c1)nc1n2CCCN1C.O=C(O)/C=C\C(=O)O. The Morgan fingerprint density at radius 1 is 1.23 bits per heavy atom. The van der Waals surface area contributed by atoms with E-state index in [-0.39, 0.29) is 0 Å². The van der Waals surface area contributed by atoms with Crippen LogP contribution in [0.5, 0.6) is 5.75 Å². The molecule has 0 aliphatic carbocycles. The van der Waals surface area contributed by atoms with Crippen molar-refractivity contribution in [3.63, 3.8) is 0 Å². The molecule has 2 N–H and O–H groups in total. The Morgan fingerprint density at radius 3 is 2.54 bits per heavy atom. The molecule has 1 aliphatic rings. The van der Waals surface area contributed by atoms with E-state index in [1.165, 1.54) is 11.9 Å². The molecule has 8 nitrogen and oxygen atoms in total. The van der Waals surface area contributed by atoms with Crippen molar-refractivity contribution in [3.05, 3.63) is 30.4 Å². The fourth-order valence-corrected chi connectivity index (χ4v) is 2.63. The van der Waals surface area contributed by atoms with Gasteiger partial charge in [0.2, 0.25) is 5.95 Å². The highest BCUT2D eigenvalue weighted by Crippen LogP contribution is 2.28. The van der Waals surface area contributed by atoms with Crippen LogP contribution in [0.4, 0.5) is 5.95 Å². The highest BCUT2D eigenvalue weighted by atomic mass is 16.5. The minimum Gasteiger partial charge on any atom is -0.494 e. The smallest absolute Gasteiger partial charge is 0.328 e. The van der Waals surface area contributed by atoms with Gasteiger partial charge in [0, 0.05) is 38.4 Å². The summed E-state index contributed by atoms with van der Waals surface area (Å²) < 4.78 is 7.95. The fraction of sp³-hybridized carbons (Fsp3) is 0.389. The summed E-state index contributed by atoms with van der Waals surface area (Å²) in [4.78, 5) is 26.0. The molecule has 1 aromatic carbocycles. The van der Waals surface area contributed by atoms with E-state index in [1.807, 2.05) is 12.1 Å². The first-order valence-electron chi connectivity index (χ1n) is 8.40. The van der Waals surface area contributed by atoms with E-state index in [0.717, 1.165) is 43.3 Å². The Morgan fingerprint density at radius 2 is 1.92 bits per heavy atom. The van der Waals surface area contributed by atoms with Crippen molar-refractivity contribution in [1.29, 1.82) is 0 Å². The first kappa shape index (κ1) is 19.3. The second-order valence-electron chi connectivity index (χ2n) is 5.85. The van der Waals surface area contributed by atoms with Crippen LogP contribution in [0, 0.1) is 0 Å². The van der Waals surface area contributed by atoms with Gasteiger partial charge in [-0.15, -0.1) is 0 Å². The number of nitrogens with zero attached hydrogens (tertiary/aromatic N) is 3. The van der Waals surface area contributed by atoms with Crippen LogP contribution in [0.3, 0.4) is 0 Å². The molecule has 1 aromatic heterocycles. The number of aryl methyl sites for hydroxylation is 1. The van der Waals surface area contributed by atoms with E-state index in [0.29, 0.717) is 12.2 Å². The van der Waals surface area contributed by atoms with Crippen LogP contribution >= 0.6 is 0 Å². The summed E-state index contributed by atoms with van der Waals surface area (Å²) in [6.07, 6.45) is 3.33. The van der Waals surface area contributed by atoms with Gasteiger partial charge in [0.25, 0.3) is 0 Å². The number of fused-ring (bicyclic) bond motifs is 3. The van der Waals surface area contributed by atoms with Crippen LogP contribution in [0.15, 0.2) is 30.4 Å². The second-order valence-corrected chi connectivity index (χ2v) is 5.85. The van der Waals surface area contributed by atoms with Crippen LogP contribution in [0.2, 0.25) is 0 Å². The lowest BCUT2D eigenvalue weighted by Crippen LogP contribution is -2.28. The number of aliphatic carboxylic acids is 2. The molecule has 0 bridgehead atoms. The first-order chi connectivity index (χ1) is 12.4. The normalized spacial score (nSPS) is 13.2. The lowest BCUT2D eigenvalue weighted by Gasteiger charge is -2.24. The Bertz CT molecular complexity index is 797. The van der Waals surface area contributed by atoms with Crippen LogP contribution in [-0.4, -0.2) is 51.9 Å². The van der Waals surface area contributed by atoms with E-state index < -0.39 is 11.9 Å². The topological polar surface area (TPSA) is 105 Å². The van der Waals surface area contributed by atoms with Crippen LogP contribution in [0.1, 0.15) is 19.8 Å². The van der Waals surface area contributed by atoms with Crippen LogP contribution in [-0.2, 0) is 16.1 Å². The highest BCUT2D eigenvalue weighted by molar-refractivity contribution is 5.89. The first-order valence-corrected chi connectivity index (χ1v) is 8.40. The molecule has 2 heterocycles. The summed E-state index contributed by atoms with van der Waals surface area (Å²) in [6.45, 7) is 5.02. The molecular weight excluding hydrogens is 338 g/mol. The molecule has 2 aromatic rings. The van der Waals surface area contributed by atoms with Crippen molar-refractivity contribution < 1.29 is 24.5 Å². The Hall–Kier alpha value is -3.03. The average molecular weight is 361 g/mol. The third-order valence-electron chi connectivity index (χ3n) is 3.76. The molecule has 0 spiro atoms. The van der Waals surface area contributed by atoms with Gasteiger partial charge in [0.1, 0.15) is 5.75 Å². The van der Waals surface area contributed by atoms with Crippen molar-refractivity contribution >= 4 is 28.9 Å². The Kier molecular flexibility index (Phi) is 6.60. The van der Waals surface area contributed by atoms with E-state index in [2.05, 4.69) is 29.5 Å². The number of carboxylic acid groups (broad SMARTS) is 2. The number of hydrogen-bond donors (Lipinski definition) is 2. The van der Waals surface area contributed by atoms with Crippen molar-refractivity contribution in [2.45, 2.75) is 26.3 Å². The maximum atomic E-state index is 9.55. The molecule has 0 saturated carbocycles. The summed E-state index contributed by atoms with van der Waals surface area (Å²) in [5.74, 6) is -0.522. The number of rotatable bonds is 5. The largest absolute Gasteiger partial charge is 0.494 e. The number of anilines is 1. The van der Waals surface area contributed by atoms with Crippen molar-refractivity contribution in [1.82, 2.24) is 9.55 Å². The number of aromatic nitrogens is 2. The maximum absolute atomic E-state index is 9.55. The number of ether oxygens (including phenoxy) is 1. The standard InChI is InChI=1S/C14H19N3O.C4H4O4/c1-3-9-18-11-5-6-13-12(10-11)15-14-16(2)7-4-8-17(13)14;5-3(6)1-2-4(7)8/h5-6,10H,3-4,7-9H2,1-2H3;1-2H,(H,5,6)(H,7,8)/b;2-1-. The number of benzene rings is 1. The molecule has 8 heteroatoms. The summed E-state index contributed by atoms with van der Waals surface area (Å²) >= 11 is 0. The maximum Gasteiger partial charge on any atom is 0.328 e. The number of imidazole rings is 1. The number of carbonyl (C=O) groups is 2. The second kappa shape index (κ2) is 8.89. The molecule has 0 unspecified atom stereocenters. The van der Waals surface area contributed by atoms with Crippen molar-refractivity contribution in [2.75, 3.05) is 25.1 Å². The predicted octanol–water partition coefficient (Wildman–Crippen LogP) is 2.38. The monoisotopic (exact) mass is 361 g/mol. The minimum absolute atomic E-state index is 0.558. The summed E-state index contributed by atoms with van der Waals surface area (Å²) in [5.41, 5.74) is 2.24. The molecule has 3 rings (SSSR count). The average Bonchev–Trinajstić information content (AvgIpc) is 2.98. The molecule has 0 fully saturated rings. The minimum atomic E-state index is -1.26. The highest BCUT2D eigenvalue weighted by Gasteiger charge is 2.18.